The molecule has 2 aliphatic rings. The number of likely N-dealkylation sites (tertiary alicyclic amines) is 1. The van der Waals surface area contributed by atoms with Crippen molar-refractivity contribution >= 4 is 0 Å². The molecule has 1 aromatic rings. The van der Waals surface area contributed by atoms with E-state index in [1.807, 2.05) is 0 Å². The summed E-state index contributed by atoms with van der Waals surface area (Å²) >= 11 is 0. The summed E-state index contributed by atoms with van der Waals surface area (Å²) in [7, 11) is 0. The number of fused-ring (bicyclic) bond motifs is 1. The average molecular weight is 244 g/mol. The Bertz CT molecular complexity index is 407. The zero-order valence-electron chi connectivity index (χ0n) is 11.6. The molecule has 2 aliphatic heterocycles. The molecule has 2 fully saturated rings. The van der Waals surface area contributed by atoms with Gasteiger partial charge in [0, 0.05) is 19.1 Å². The van der Waals surface area contributed by atoms with Crippen molar-refractivity contribution in [2.75, 3.05) is 19.6 Å². The van der Waals surface area contributed by atoms with Crippen molar-refractivity contribution in [3.8, 4) is 0 Å². The largest absolute Gasteiger partial charge is 0.315 e. The van der Waals surface area contributed by atoms with E-state index in [9.17, 15) is 0 Å². The Morgan fingerprint density at radius 1 is 1.17 bits per heavy atom. The Labute approximate surface area is 110 Å². The van der Waals surface area contributed by atoms with Gasteiger partial charge in [0.25, 0.3) is 0 Å². The Kier molecular flexibility index (Phi) is 3.40. The Hall–Kier alpha value is -0.860. The fourth-order valence-corrected chi connectivity index (χ4v) is 3.75. The highest BCUT2D eigenvalue weighted by Crippen LogP contribution is 2.27. The number of hydrogen-bond donors (Lipinski definition) is 1. The van der Waals surface area contributed by atoms with Crippen molar-refractivity contribution in [2.24, 2.45) is 5.92 Å². The summed E-state index contributed by atoms with van der Waals surface area (Å²) < 4.78 is 0. The summed E-state index contributed by atoms with van der Waals surface area (Å²) in [6.07, 6.45) is 2.79. The molecule has 2 atom stereocenters. The molecule has 2 heteroatoms. The van der Waals surface area contributed by atoms with Gasteiger partial charge < -0.3 is 5.32 Å². The van der Waals surface area contributed by atoms with Crippen molar-refractivity contribution in [2.45, 2.75) is 39.3 Å². The molecule has 0 saturated carbocycles. The molecule has 0 bridgehead atoms. The highest BCUT2D eigenvalue weighted by molar-refractivity contribution is 5.28. The first-order valence-corrected chi connectivity index (χ1v) is 7.24. The first kappa shape index (κ1) is 12.2. The van der Waals surface area contributed by atoms with Crippen LogP contribution in [0.4, 0.5) is 0 Å². The van der Waals surface area contributed by atoms with Gasteiger partial charge in [0.15, 0.2) is 0 Å². The minimum absolute atomic E-state index is 0.777. The van der Waals surface area contributed by atoms with Gasteiger partial charge >= 0.3 is 0 Å². The molecule has 18 heavy (non-hydrogen) atoms. The maximum absolute atomic E-state index is 3.56. The van der Waals surface area contributed by atoms with Crippen LogP contribution in [0.15, 0.2) is 18.2 Å². The lowest BCUT2D eigenvalue weighted by molar-refractivity contribution is 0.117. The lowest BCUT2D eigenvalue weighted by Crippen LogP contribution is -2.44. The van der Waals surface area contributed by atoms with Crippen LogP contribution in [0.5, 0.6) is 0 Å². The van der Waals surface area contributed by atoms with E-state index < -0.39 is 0 Å². The molecule has 0 aliphatic carbocycles. The van der Waals surface area contributed by atoms with Gasteiger partial charge in [-0.2, -0.15) is 0 Å². The number of piperidine rings is 1. The van der Waals surface area contributed by atoms with Gasteiger partial charge in [-0.05, 0) is 51.3 Å². The lowest BCUT2D eigenvalue weighted by Gasteiger charge is -2.37. The van der Waals surface area contributed by atoms with Crippen LogP contribution in [0, 0.1) is 19.8 Å². The molecule has 0 aromatic heterocycles. The van der Waals surface area contributed by atoms with Gasteiger partial charge in [0.1, 0.15) is 0 Å². The fraction of sp³-hybridized carbons (Fsp3) is 0.625. The predicted molar refractivity (Wildman–Crippen MR) is 75.7 cm³/mol. The van der Waals surface area contributed by atoms with Gasteiger partial charge in [-0.3, -0.25) is 4.90 Å². The average Bonchev–Trinajstić information content (AvgIpc) is 2.76. The molecule has 1 aromatic carbocycles. The third-order valence-electron chi connectivity index (χ3n) is 4.46. The smallest absolute Gasteiger partial charge is 0.0264 e. The molecule has 2 saturated heterocycles. The van der Waals surface area contributed by atoms with Gasteiger partial charge in [-0.25, -0.2) is 0 Å². The monoisotopic (exact) mass is 244 g/mol. The number of hydrogen-bond acceptors (Lipinski definition) is 2. The number of rotatable bonds is 2. The molecule has 0 spiro atoms. The van der Waals surface area contributed by atoms with Crippen molar-refractivity contribution in [1.82, 2.24) is 10.2 Å². The first-order chi connectivity index (χ1) is 8.72. The first-order valence-electron chi connectivity index (χ1n) is 7.24. The van der Waals surface area contributed by atoms with Gasteiger partial charge in [0.2, 0.25) is 0 Å². The van der Waals surface area contributed by atoms with E-state index in [4.69, 9.17) is 0 Å². The Balaban J connectivity index is 1.74. The number of aryl methyl sites for hydroxylation is 2. The van der Waals surface area contributed by atoms with Crippen LogP contribution in [0.1, 0.15) is 29.5 Å². The molecule has 3 rings (SSSR count). The number of nitrogens with zero attached hydrogens (tertiary/aromatic N) is 1. The van der Waals surface area contributed by atoms with E-state index in [0.717, 1.165) is 18.5 Å². The van der Waals surface area contributed by atoms with Crippen LogP contribution in [0.2, 0.25) is 0 Å². The standard InChI is InChI=1S/C16H24N2/c1-12-6-13(2)8-14(7-12)11-18-5-3-4-15-9-17-10-16(15)18/h6-8,15-17H,3-5,9-11H2,1-2H3. The molecular weight excluding hydrogens is 220 g/mol. The van der Waals surface area contributed by atoms with Crippen LogP contribution in [-0.2, 0) is 6.54 Å². The van der Waals surface area contributed by atoms with Crippen molar-refractivity contribution in [3.63, 3.8) is 0 Å². The van der Waals surface area contributed by atoms with Crippen molar-refractivity contribution in [1.29, 1.82) is 0 Å². The fourth-order valence-electron chi connectivity index (χ4n) is 3.75. The molecule has 1 N–H and O–H groups in total. The summed E-state index contributed by atoms with van der Waals surface area (Å²) in [5.41, 5.74) is 4.27. The second-order valence-corrected chi connectivity index (χ2v) is 6.09. The normalized spacial score (nSPS) is 28.3. The Morgan fingerprint density at radius 3 is 2.72 bits per heavy atom. The van der Waals surface area contributed by atoms with Crippen LogP contribution < -0.4 is 5.32 Å². The maximum Gasteiger partial charge on any atom is 0.0264 e. The highest BCUT2D eigenvalue weighted by atomic mass is 15.2. The van der Waals surface area contributed by atoms with E-state index in [-0.39, 0.29) is 0 Å². The number of nitrogens with one attached hydrogen (secondary N) is 1. The summed E-state index contributed by atoms with van der Waals surface area (Å²) in [4.78, 5) is 2.70. The van der Waals surface area contributed by atoms with Crippen LogP contribution in [0.25, 0.3) is 0 Å². The minimum atomic E-state index is 0.777. The topological polar surface area (TPSA) is 15.3 Å². The third-order valence-corrected chi connectivity index (χ3v) is 4.46. The SMILES string of the molecule is Cc1cc(C)cc(CN2CCCC3CNCC32)c1. The second-order valence-electron chi connectivity index (χ2n) is 6.09. The summed E-state index contributed by atoms with van der Waals surface area (Å²) in [5.74, 6) is 0.893. The molecule has 0 radical (unpaired) electrons. The summed E-state index contributed by atoms with van der Waals surface area (Å²) in [6.45, 7) is 9.23. The van der Waals surface area contributed by atoms with Crippen molar-refractivity contribution < 1.29 is 0 Å². The zero-order valence-corrected chi connectivity index (χ0v) is 11.6. The molecule has 98 valence electrons. The van der Waals surface area contributed by atoms with Crippen molar-refractivity contribution in [3.05, 3.63) is 34.9 Å². The Morgan fingerprint density at radius 2 is 1.94 bits per heavy atom. The summed E-state index contributed by atoms with van der Waals surface area (Å²) in [6, 6.07) is 7.73. The van der Waals surface area contributed by atoms with Gasteiger partial charge in [0.05, 0.1) is 0 Å². The van der Waals surface area contributed by atoms with Crippen LogP contribution >= 0.6 is 0 Å². The predicted octanol–water partition coefficient (Wildman–Crippen LogP) is 2.49. The molecule has 2 heterocycles. The highest BCUT2D eigenvalue weighted by Gasteiger charge is 2.34. The van der Waals surface area contributed by atoms with E-state index >= 15 is 0 Å². The minimum Gasteiger partial charge on any atom is -0.315 e. The van der Waals surface area contributed by atoms with E-state index in [1.54, 1.807) is 0 Å². The molecule has 2 nitrogen and oxygen atoms in total. The van der Waals surface area contributed by atoms with E-state index in [2.05, 4.69) is 42.3 Å². The summed E-state index contributed by atoms with van der Waals surface area (Å²) in [5, 5.41) is 3.56. The molecule has 0 amide bonds. The molecule has 2 unspecified atom stereocenters. The molecular formula is C16H24N2. The van der Waals surface area contributed by atoms with Gasteiger partial charge in [-0.1, -0.05) is 29.3 Å². The second kappa shape index (κ2) is 5.02. The van der Waals surface area contributed by atoms with E-state index in [0.29, 0.717) is 0 Å². The quantitative estimate of drug-likeness (QED) is 0.860. The third kappa shape index (κ3) is 2.45. The lowest BCUT2D eigenvalue weighted by atomic mass is 9.91. The van der Waals surface area contributed by atoms with Gasteiger partial charge in [-0.15, -0.1) is 0 Å². The van der Waals surface area contributed by atoms with Crippen LogP contribution in [-0.4, -0.2) is 30.6 Å². The zero-order chi connectivity index (χ0) is 12.5. The maximum atomic E-state index is 3.56. The number of benzene rings is 1. The van der Waals surface area contributed by atoms with Crippen LogP contribution in [0.3, 0.4) is 0 Å². The van der Waals surface area contributed by atoms with E-state index in [1.165, 1.54) is 49.2 Å².